The maximum Gasteiger partial charge on any atom is 0.220 e. The number of hydrogen-bond acceptors (Lipinski definition) is 7. The van der Waals surface area contributed by atoms with Gasteiger partial charge in [0.1, 0.15) is 17.3 Å². The van der Waals surface area contributed by atoms with Crippen LogP contribution in [0.1, 0.15) is 61.9 Å². The number of ketones is 1. The summed E-state index contributed by atoms with van der Waals surface area (Å²) in [5, 5.41) is 0. The molecule has 0 atom stereocenters. The van der Waals surface area contributed by atoms with Gasteiger partial charge in [0, 0.05) is 44.7 Å². The van der Waals surface area contributed by atoms with E-state index in [9.17, 15) is 4.79 Å². The first-order valence-corrected chi connectivity index (χ1v) is 10.6. The van der Waals surface area contributed by atoms with Crippen LogP contribution in [0.2, 0.25) is 0 Å². The van der Waals surface area contributed by atoms with Crippen LogP contribution in [0.15, 0.2) is 36.9 Å². The molecule has 0 bridgehead atoms. The summed E-state index contributed by atoms with van der Waals surface area (Å²) in [5.41, 5.74) is 8.00. The van der Waals surface area contributed by atoms with Gasteiger partial charge in [-0.3, -0.25) is 4.79 Å². The van der Waals surface area contributed by atoms with Crippen molar-refractivity contribution in [3.8, 4) is 11.4 Å². The third-order valence-corrected chi connectivity index (χ3v) is 4.71. The third-order valence-electron chi connectivity index (χ3n) is 4.71. The Morgan fingerprint density at radius 3 is 2.16 bits per heavy atom. The molecule has 0 saturated heterocycles. The Balaban J connectivity index is 0.000000227. The van der Waals surface area contributed by atoms with Crippen LogP contribution < -0.4 is 5.73 Å². The fraction of sp³-hybridized carbons (Fsp3) is 0.435. The highest BCUT2D eigenvalue weighted by atomic mass is 16.1. The maximum absolute atomic E-state index is 11.9. The molecular formula is C23H34N8O. The minimum absolute atomic E-state index is 0.0111. The number of hydrogen-bond donors (Lipinski definition) is 1. The summed E-state index contributed by atoms with van der Waals surface area (Å²) in [7, 11) is 3.77. The van der Waals surface area contributed by atoms with Gasteiger partial charge < -0.3 is 19.8 Å². The summed E-state index contributed by atoms with van der Waals surface area (Å²) in [5.74, 6) is 2.12. The van der Waals surface area contributed by atoms with Crippen LogP contribution >= 0.6 is 0 Å². The van der Waals surface area contributed by atoms with E-state index in [1.54, 1.807) is 24.7 Å². The molecule has 0 saturated carbocycles. The zero-order chi connectivity index (χ0) is 24.0. The maximum atomic E-state index is 11.9. The standard InChI is InChI=1S/C12H19N3O.C11H15N5/c1-9(2)15-10(3)13-8-11(15)12(16)6-7-14(4)5;1-7(2)16-8(3)14-6-10(16)9-4-5-13-11(12)15-9/h6-9H,1-5H3;4-7H,1-3H3,(H2,12,13,15). The molecule has 2 N–H and O–H groups in total. The third kappa shape index (κ3) is 6.03. The monoisotopic (exact) mass is 438 g/mol. The Labute approximate surface area is 190 Å². The normalized spacial score (nSPS) is 11.2. The van der Waals surface area contributed by atoms with Gasteiger partial charge in [0.25, 0.3) is 0 Å². The fourth-order valence-corrected chi connectivity index (χ4v) is 3.40. The number of aryl methyl sites for hydroxylation is 2. The summed E-state index contributed by atoms with van der Waals surface area (Å²) in [6.45, 7) is 12.2. The lowest BCUT2D eigenvalue weighted by atomic mass is 10.2. The van der Waals surface area contributed by atoms with Gasteiger partial charge in [-0.2, -0.15) is 0 Å². The van der Waals surface area contributed by atoms with Crippen LogP contribution in [0.5, 0.6) is 0 Å². The first-order valence-electron chi connectivity index (χ1n) is 10.6. The molecule has 0 fully saturated rings. The molecule has 9 heteroatoms. The van der Waals surface area contributed by atoms with Crippen molar-refractivity contribution in [1.29, 1.82) is 0 Å². The van der Waals surface area contributed by atoms with Crippen molar-refractivity contribution in [3.05, 3.63) is 54.3 Å². The zero-order valence-corrected chi connectivity index (χ0v) is 20.2. The molecule has 3 aromatic rings. The van der Waals surface area contributed by atoms with E-state index in [2.05, 4.69) is 38.4 Å². The minimum atomic E-state index is -0.0111. The summed E-state index contributed by atoms with van der Waals surface area (Å²) in [6, 6.07) is 2.42. The number of carbonyl (C=O) groups is 1. The first kappa shape index (κ1) is 24.8. The molecule has 0 unspecified atom stereocenters. The van der Waals surface area contributed by atoms with E-state index in [0.29, 0.717) is 11.7 Å². The number of rotatable bonds is 6. The average Bonchev–Trinajstić information content (AvgIpc) is 3.29. The van der Waals surface area contributed by atoms with Crippen LogP contribution in [0, 0.1) is 13.8 Å². The van der Waals surface area contributed by atoms with Crippen LogP contribution in [-0.4, -0.2) is 53.8 Å². The number of aromatic nitrogens is 6. The topological polar surface area (TPSA) is 108 Å². The van der Waals surface area contributed by atoms with Gasteiger partial charge >= 0.3 is 0 Å². The van der Waals surface area contributed by atoms with Gasteiger partial charge in [-0.25, -0.2) is 19.9 Å². The average molecular weight is 439 g/mol. The van der Waals surface area contributed by atoms with Crippen LogP contribution in [-0.2, 0) is 0 Å². The molecule has 0 aliphatic heterocycles. The molecule has 0 aliphatic rings. The zero-order valence-electron chi connectivity index (χ0n) is 20.2. The van der Waals surface area contributed by atoms with Crippen molar-refractivity contribution in [1.82, 2.24) is 34.0 Å². The number of imidazole rings is 2. The Morgan fingerprint density at radius 1 is 1.00 bits per heavy atom. The molecule has 172 valence electrons. The lowest BCUT2D eigenvalue weighted by Crippen LogP contribution is -2.12. The molecule has 0 aromatic carbocycles. The van der Waals surface area contributed by atoms with Gasteiger partial charge in [0.15, 0.2) is 0 Å². The summed E-state index contributed by atoms with van der Waals surface area (Å²) in [4.78, 5) is 30.3. The van der Waals surface area contributed by atoms with Gasteiger partial charge in [-0.05, 0) is 47.6 Å². The molecule has 0 amide bonds. The molecule has 3 rings (SSSR count). The minimum Gasteiger partial charge on any atom is -0.383 e. The van der Waals surface area contributed by atoms with Crippen molar-refractivity contribution < 1.29 is 4.79 Å². The predicted molar refractivity (Wildman–Crippen MR) is 127 cm³/mol. The van der Waals surface area contributed by atoms with E-state index >= 15 is 0 Å². The fourth-order valence-electron chi connectivity index (χ4n) is 3.40. The highest BCUT2D eigenvalue weighted by Gasteiger charge is 2.14. The number of nitrogen functional groups attached to an aromatic ring is 1. The summed E-state index contributed by atoms with van der Waals surface area (Å²) >= 11 is 0. The number of allylic oxidation sites excluding steroid dienone is 1. The van der Waals surface area contributed by atoms with Crippen molar-refractivity contribution in [2.75, 3.05) is 19.8 Å². The van der Waals surface area contributed by atoms with Crippen molar-refractivity contribution in [2.45, 2.75) is 53.6 Å². The quantitative estimate of drug-likeness (QED) is 0.460. The SMILES string of the molecule is Cc1ncc(-c2ccnc(N)n2)n1C(C)C.Cc1ncc(C(=O)C=CN(C)C)n1C(C)C. The lowest BCUT2D eigenvalue weighted by molar-refractivity contribution is 0.103. The smallest absolute Gasteiger partial charge is 0.220 e. The highest BCUT2D eigenvalue weighted by Crippen LogP contribution is 2.22. The van der Waals surface area contributed by atoms with Crippen molar-refractivity contribution in [3.63, 3.8) is 0 Å². The number of nitrogens with zero attached hydrogens (tertiary/aromatic N) is 7. The molecule has 0 spiro atoms. The largest absolute Gasteiger partial charge is 0.383 e. The van der Waals surface area contributed by atoms with Gasteiger partial charge in [0.2, 0.25) is 11.7 Å². The summed E-state index contributed by atoms with van der Waals surface area (Å²) < 4.78 is 4.07. The molecule has 0 radical (unpaired) electrons. The van der Waals surface area contributed by atoms with E-state index in [4.69, 9.17) is 5.73 Å². The molecule has 0 aliphatic carbocycles. The van der Waals surface area contributed by atoms with Gasteiger partial charge in [-0.15, -0.1) is 0 Å². The molecular weight excluding hydrogens is 404 g/mol. The Hall–Kier alpha value is -3.49. The second kappa shape index (κ2) is 10.7. The Bertz CT molecular complexity index is 1080. The van der Waals surface area contributed by atoms with E-state index in [0.717, 1.165) is 23.0 Å². The molecule has 32 heavy (non-hydrogen) atoms. The Kier molecular flexibility index (Phi) is 8.28. The van der Waals surface area contributed by atoms with Crippen molar-refractivity contribution in [2.24, 2.45) is 0 Å². The van der Waals surface area contributed by atoms with Crippen LogP contribution in [0.4, 0.5) is 5.95 Å². The molecule has 3 aromatic heterocycles. The molecule has 3 heterocycles. The summed E-state index contributed by atoms with van der Waals surface area (Å²) in [6.07, 6.45) is 8.42. The van der Waals surface area contributed by atoms with E-state index < -0.39 is 0 Å². The van der Waals surface area contributed by atoms with E-state index in [-0.39, 0.29) is 17.8 Å². The van der Waals surface area contributed by atoms with Gasteiger partial charge in [0.05, 0.1) is 23.8 Å². The second-order valence-electron chi connectivity index (χ2n) is 8.25. The lowest BCUT2D eigenvalue weighted by Gasteiger charge is -2.13. The van der Waals surface area contributed by atoms with Crippen molar-refractivity contribution >= 4 is 11.7 Å². The number of carbonyl (C=O) groups excluding carboxylic acids is 1. The van der Waals surface area contributed by atoms with Crippen LogP contribution in [0.3, 0.4) is 0 Å². The predicted octanol–water partition coefficient (Wildman–Crippen LogP) is 3.84. The van der Waals surface area contributed by atoms with Crippen LogP contribution in [0.25, 0.3) is 11.4 Å². The number of anilines is 1. The first-order chi connectivity index (χ1) is 15.0. The van der Waals surface area contributed by atoms with E-state index in [1.807, 2.05) is 63.5 Å². The van der Waals surface area contributed by atoms with E-state index in [1.165, 1.54) is 0 Å². The highest BCUT2D eigenvalue weighted by molar-refractivity contribution is 6.03. The second-order valence-corrected chi connectivity index (χ2v) is 8.25. The number of nitrogens with two attached hydrogens (primary N) is 1. The Morgan fingerprint density at radius 2 is 1.59 bits per heavy atom. The van der Waals surface area contributed by atoms with Gasteiger partial charge in [-0.1, -0.05) is 0 Å². The molecule has 9 nitrogen and oxygen atoms in total.